The molecule has 4 nitrogen and oxygen atoms in total. The Hall–Kier alpha value is -2.23. The molecule has 106 valence electrons. The number of carbonyl (C=O) groups is 1. The van der Waals surface area contributed by atoms with Crippen LogP contribution in [0.2, 0.25) is 0 Å². The molecule has 0 aliphatic heterocycles. The van der Waals surface area contributed by atoms with Crippen LogP contribution in [0.4, 0.5) is 5.69 Å². The molecule has 1 heterocycles. The molecule has 0 spiro atoms. The van der Waals surface area contributed by atoms with E-state index in [4.69, 9.17) is 9.52 Å². The lowest BCUT2D eigenvalue weighted by atomic mass is 10.0. The van der Waals surface area contributed by atoms with Gasteiger partial charge in [-0.3, -0.25) is 0 Å². The molecule has 4 heteroatoms. The van der Waals surface area contributed by atoms with Crippen molar-refractivity contribution >= 4 is 11.7 Å². The molecule has 0 amide bonds. The number of carboxylic acid groups (broad SMARTS) is 1. The highest BCUT2D eigenvalue weighted by molar-refractivity contribution is 5.86. The maximum absolute atomic E-state index is 10.9. The Morgan fingerprint density at radius 2 is 2.10 bits per heavy atom. The number of hydrogen-bond acceptors (Lipinski definition) is 3. The van der Waals surface area contributed by atoms with E-state index in [2.05, 4.69) is 31.3 Å². The predicted octanol–water partition coefficient (Wildman–Crippen LogP) is 4.02. The number of aromatic carboxylic acids is 1. The molecule has 2 N–H and O–H groups in total. The van der Waals surface area contributed by atoms with Crippen molar-refractivity contribution < 1.29 is 14.3 Å². The zero-order valence-electron chi connectivity index (χ0n) is 11.9. The van der Waals surface area contributed by atoms with Crippen molar-refractivity contribution in [2.45, 2.75) is 33.2 Å². The van der Waals surface area contributed by atoms with E-state index in [9.17, 15) is 4.79 Å². The van der Waals surface area contributed by atoms with E-state index in [1.807, 2.05) is 12.1 Å². The van der Waals surface area contributed by atoms with Gasteiger partial charge in [-0.2, -0.15) is 0 Å². The molecule has 1 aromatic heterocycles. The summed E-state index contributed by atoms with van der Waals surface area (Å²) < 4.78 is 5.31. The van der Waals surface area contributed by atoms with Gasteiger partial charge in [0.25, 0.3) is 0 Å². The first-order valence-corrected chi connectivity index (χ1v) is 6.64. The molecular weight excluding hydrogens is 254 g/mol. The molecule has 0 saturated carbocycles. The van der Waals surface area contributed by atoms with Gasteiger partial charge in [-0.05, 0) is 36.6 Å². The Bertz CT molecular complexity index is 614. The number of furan rings is 1. The van der Waals surface area contributed by atoms with E-state index >= 15 is 0 Å². The van der Waals surface area contributed by atoms with Crippen molar-refractivity contribution in [3.8, 4) is 0 Å². The number of nitrogens with one attached hydrogen (secondary N) is 1. The monoisotopic (exact) mass is 273 g/mol. The molecule has 0 aliphatic carbocycles. The largest absolute Gasteiger partial charge is 0.475 e. The second-order valence-corrected chi connectivity index (χ2v) is 5.16. The molecule has 0 fully saturated rings. The summed E-state index contributed by atoms with van der Waals surface area (Å²) in [6.45, 7) is 6.49. The Labute approximate surface area is 118 Å². The van der Waals surface area contributed by atoms with Crippen LogP contribution in [0.3, 0.4) is 0 Å². The van der Waals surface area contributed by atoms with E-state index in [1.165, 1.54) is 5.56 Å². The molecule has 20 heavy (non-hydrogen) atoms. The van der Waals surface area contributed by atoms with E-state index in [0.717, 1.165) is 5.69 Å². The van der Waals surface area contributed by atoms with Crippen LogP contribution >= 0.6 is 0 Å². The highest BCUT2D eigenvalue weighted by Gasteiger charge is 2.14. The third kappa shape index (κ3) is 3.20. The summed E-state index contributed by atoms with van der Waals surface area (Å²) in [7, 11) is 0. The second kappa shape index (κ2) is 5.82. The fourth-order valence-electron chi connectivity index (χ4n) is 2.04. The van der Waals surface area contributed by atoms with Crippen molar-refractivity contribution in [1.82, 2.24) is 0 Å². The van der Waals surface area contributed by atoms with E-state index in [0.29, 0.717) is 23.8 Å². The smallest absolute Gasteiger partial charge is 0.372 e. The number of anilines is 1. The molecule has 0 unspecified atom stereocenters. The molecule has 1 aromatic carbocycles. The number of benzene rings is 1. The lowest BCUT2D eigenvalue weighted by Gasteiger charge is -2.09. The summed E-state index contributed by atoms with van der Waals surface area (Å²) in [4.78, 5) is 10.9. The first-order valence-electron chi connectivity index (χ1n) is 6.64. The lowest BCUT2D eigenvalue weighted by molar-refractivity contribution is 0.0659. The Morgan fingerprint density at radius 1 is 1.35 bits per heavy atom. The van der Waals surface area contributed by atoms with Gasteiger partial charge >= 0.3 is 5.97 Å². The van der Waals surface area contributed by atoms with Crippen LogP contribution in [0, 0.1) is 6.92 Å². The highest BCUT2D eigenvalue weighted by Crippen LogP contribution is 2.20. The minimum Gasteiger partial charge on any atom is -0.475 e. The first-order chi connectivity index (χ1) is 9.47. The van der Waals surface area contributed by atoms with Crippen LogP contribution in [0.25, 0.3) is 0 Å². The number of aryl methyl sites for hydroxylation is 1. The van der Waals surface area contributed by atoms with Gasteiger partial charge in [-0.1, -0.05) is 26.0 Å². The first kappa shape index (κ1) is 14.2. The maximum atomic E-state index is 10.9. The van der Waals surface area contributed by atoms with Crippen LogP contribution in [0.1, 0.15) is 47.2 Å². The summed E-state index contributed by atoms with van der Waals surface area (Å²) in [5.74, 6) is 0.0735. The number of rotatable bonds is 5. The Kier molecular flexibility index (Phi) is 4.13. The van der Waals surface area contributed by atoms with Crippen LogP contribution in [0.5, 0.6) is 0 Å². The zero-order valence-corrected chi connectivity index (χ0v) is 11.9. The van der Waals surface area contributed by atoms with Crippen molar-refractivity contribution in [2.24, 2.45) is 0 Å². The molecular formula is C16H19NO3. The third-order valence-corrected chi connectivity index (χ3v) is 3.18. The highest BCUT2D eigenvalue weighted by atomic mass is 16.4. The standard InChI is InChI=1S/C16H19NO3/c1-10(2)12-5-4-6-13(8-12)17-9-14-7-11(3)15(20-14)16(18)19/h4-8,10,17H,9H2,1-3H3,(H,18,19). The van der Waals surface area contributed by atoms with Gasteiger partial charge in [0.05, 0.1) is 6.54 Å². The minimum atomic E-state index is -1.03. The van der Waals surface area contributed by atoms with E-state index in [-0.39, 0.29) is 5.76 Å². The lowest BCUT2D eigenvalue weighted by Crippen LogP contribution is -1.99. The number of hydrogen-bond donors (Lipinski definition) is 2. The Balaban J connectivity index is 2.07. The molecule has 0 bridgehead atoms. The normalized spacial score (nSPS) is 10.8. The second-order valence-electron chi connectivity index (χ2n) is 5.16. The molecule has 0 atom stereocenters. The van der Waals surface area contributed by atoms with Gasteiger partial charge < -0.3 is 14.8 Å². The maximum Gasteiger partial charge on any atom is 0.372 e. The molecule has 0 aliphatic rings. The fraction of sp³-hybridized carbons (Fsp3) is 0.312. The topological polar surface area (TPSA) is 62.5 Å². The van der Waals surface area contributed by atoms with Crippen LogP contribution in [-0.4, -0.2) is 11.1 Å². The fourth-order valence-corrected chi connectivity index (χ4v) is 2.04. The quantitative estimate of drug-likeness (QED) is 0.863. The average molecular weight is 273 g/mol. The van der Waals surface area contributed by atoms with Gasteiger partial charge in [0.1, 0.15) is 5.76 Å². The average Bonchev–Trinajstić information content (AvgIpc) is 2.78. The summed E-state index contributed by atoms with van der Waals surface area (Å²) >= 11 is 0. The summed E-state index contributed by atoms with van der Waals surface area (Å²) in [6, 6.07) is 9.93. The predicted molar refractivity (Wildman–Crippen MR) is 78.3 cm³/mol. The minimum absolute atomic E-state index is 0.0118. The molecule has 2 aromatic rings. The third-order valence-electron chi connectivity index (χ3n) is 3.18. The van der Waals surface area contributed by atoms with Crippen LogP contribution < -0.4 is 5.32 Å². The van der Waals surface area contributed by atoms with Crippen LogP contribution in [-0.2, 0) is 6.54 Å². The van der Waals surface area contributed by atoms with Gasteiger partial charge in [0.2, 0.25) is 5.76 Å². The molecule has 2 rings (SSSR count). The SMILES string of the molecule is Cc1cc(CNc2cccc(C(C)C)c2)oc1C(=O)O. The van der Waals surface area contributed by atoms with Crippen molar-refractivity contribution in [3.63, 3.8) is 0 Å². The van der Waals surface area contributed by atoms with Gasteiger partial charge in [-0.25, -0.2) is 4.79 Å². The number of carboxylic acids is 1. The van der Waals surface area contributed by atoms with Crippen LogP contribution in [0.15, 0.2) is 34.7 Å². The van der Waals surface area contributed by atoms with Gasteiger partial charge in [-0.15, -0.1) is 0 Å². The zero-order chi connectivity index (χ0) is 14.7. The van der Waals surface area contributed by atoms with Crippen molar-refractivity contribution in [1.29, 1.82) is 0 Å². The van der Waals surface area contributed by atoms with E-state index in [1.54, 1.807) is 13.0 Å². The van der Waals surface area contributed by atoms with Gasteiger partial charge in [0.15, 0.2) is 0 Å². The summed E-state index contributed by atoms with van der Waals surface area (Å²) in [5, 5.41) is 12.2. The summed E-state index contributed by atoms with van der Waals surface area (Å²) in [6.07, 6.45) is 0. The van der Waals surface area contributed by atoms with E-state index < -0.39 is 5.97 Å². The molecule has 0 saturated heterocycles. The van der Waals surface area contributed by atoms with Crippen molar-refractivity contribution in [3.05, 3.63) is 53.0 Å². The van der Waals surface area contributed by atoms with Crippen molar-refractivity contribution in [2.75, 3.05) is 5.32 Å². The van der Waals surface area contributed by atoms with Gasteiger partial charge in [0, 0.05) is 11.3 Å². The molecule has 0 radical (unpaired) electrons. The Morgan fingerprint density at radius 3 is 2.70 bits per heavy atom. The summed E-state index contributed by atoms with van der Waals surface area (Å²) in [5.41, 5.74) is 2.91.